The van der Waals surface area contributed by atoms with Gasteiger partial charge in [-0.15, -0.1) is 0 Å². The highest BCUT2D eigenvalue weighted by atomic mass is 19.4. The van der Waals surface area contributed by atoms with Gasteiger partial charge < -0.3 is 5.11 Å². The number of hydrogen-bond donors (Lipinski definition) is 1. The molecule has 0 aliphatic rings. The molecule has 1 aromatic heterocycles. The summed E-state index contributed by atoms with van der Waals surface area (Å²) >= 11 is 0. The molecular weight excluding hydrogens is 302 g/mol. The third-order valence-corrected chi connectivity index (χ3v) is 2.61. The molecule has 0 atom stereocenters. The lowest BCUT2D eigenvalue weighted by molar-refractivity contribution is -0.142. The first-order valence-corrected chi connectivity index (χ1v) is 5.56. The summed E-state index contributed by atoms with van der Waals surface area (Å²) in [4.78, 5) is 0. The largest absolute Gasteiger partial charge is 0.507 e. The lowest BCUT2D eigenvalue weighted by atomic mass is 10.1. The lowest BCUT2D eigenvalue weighted by Gasteiger charge is -2.09. The van der Waals surface area contributed by atoms with E-state index >= 15 is 0 Å². The summed E-state index contributed by atoms with van der Waals surface area (Å²) in [7, 11) is 0. The Morgan fingerprint density at radius 2 is 1.76 bits per heavy atom. The van der Waals surface area contributed by atoms with Crippen LogP contribution in [0.3, 0.4) is 0 Å². The van der Waals surface area contributed by atoms with Gasteiger partial charge in [0.05, 0.1) is 11.8 Å². The van der Waals surface area contributed by atoms with Crippen LogP contribution in [0, 0.1) is 0 Å². The van der Waals surface area contributed by atoms with Gasteiger partial charge in [0.25, 0.3) is 0 Å². The zero-order valence-electron chi connectivity index (χ0n) is 10.2. The molecule has 0 saturated heterocycles. The quantitative estimate of drug-likeness (QED) is 0.856. The van der Waals surface area contributed by atoms with Gasteiger partial charge >= 0.3 is 12.4 Å². The molecule has 0 spiro atoms. The van der Waals surface area contributed by atoms with E-state index in [9.17, 15) is 31.4 Å². The zero-order valence-corrected chi connectivity index (χ0v) is 10.2. The van der Waals surface area contributed by atoms with Crippen molar-refractivity contribution in [1.82, 2.24) is 9.78 Å². The molecule has 0 saturated carbocycles. The van der Waals surface area contributed by atoms with Crippen LogP contribution in [0.2, 0.25) is 0 Å². The lowest BCUT2D eigenvalue weighted by Crippen LogP contribution is -2.17. The Bertz CT molecular complexity index is 644. The van der Waals surface area contributed by atoms with E-state index in [4.69, 9.17) is 0 Å². The monoisotopic (exact) mass is 310 g/mol. The first kappa shape index (κ1) is 15.2. The number of rotatable bonds is 2. The van der Waals surface area contributed by atoms with E-state index in [1.54, 1.807) is 0 Å². The molecule has 1 aromatic carbocycles. The molecule has 114 valence electrons. The van der Waals surface area contributed by atoms with Gasteiger partial charge in [0.2, 0.25) is 0 Å². The average molecular weight is 310 g/mol. The Labute approximate surface area is 114 Å². The standard InChI is InChI=1S/C12H8F6N2O/c13-11(14,15)6-20-5-7(4-19-20)9-2-1-8(3-10(9)21)12(16,17)18/h1-5,21H,6H2. The van der Waals surface area contributed by atoms with Gasteiger partial charge in [0, 0.05) is 17.3 Å². The Kier molecular flexibility index (Phi) is 3.60. The number of aromatic hydroxyl groups is 1. The molecule has 0 aliphatic heterocycles. The van der Waals surface area contributed by atoms with E-state index < -0.39 is 30.2 Å². The molecular formula is C12H8F6N2O. The van der Waals surface area contributed by atoms with Crippen LogP contribution in [0.1, 0.15) is 5.56 Å². The van der Waals surface area contributed by atoms with Gasteiger partial charge in [-0.2, -0.15) is 31.4 Å². The predicted octanol–water partition coefficient (Wildman–Crippen LogP) is 3.84. The minimum Gasteiger partial charge on any atom is -0.507 e. The number of alkyl halides is 6. The molecule has 3 nitrogen and oxygen atoms in total. The fourth-order valence-corrected chi connectivity index (χ4v) is 1.72. The Morgan fingerprint density at radius 3 is 2.29 bits per heavy atom. The van der Waals surface area contributed by atoms with Crippen LogP contribution in [0.15, 0.2) is 30.6 Å². The second kappa shape index (κ2) is 4.97. The highest BCUT2D eigenvalue weighted by molar-refractivity contribution is 5.69. The van der Waals surface area contributed by atoms with Gasteiger partial charge in [-0.05, 0) is 18.2 Å². The second-order valence-corrected chi connectivity index (χ2v) is 4.27. The van der Waals surface area contributed by atoms with Crippen molar-refractivity contribution in [2.75, 3.05) is 0 Å². The molecule has 0 bridgehead atoms. The summed E-state index contributed by atoms with van der Waals surface area (Å²) in [5.41, 5.74) is -0.992. The van der Waals surface area contributed by atoms with Gasteiger partial charge in [-0.3, -0.25) is 4.68 Å². The van der Waals surface area contributed by atoms with Crippen molar-refractivity contribution in [3.63, 3.8) is 0 Å². The maximum atomic E-state index is 12.4. The maximum Gasteiger partial charge on any atom is 0.416 e. The van der Waals surface area contributed by atoms with E-state index in [-0.39, 0.29) is 11.1 Å². The van der Waals surface area contributed by atoms with Crippen molar-refractivity contribution >= 4 is 0 Å². The zero-order chi connectivity index (χ0) is 15.8. The number of halogens is 6. The summed E-state index contributed by atoms with van der Waals surface area (Å²) in [6.45, 7) is -1.33. The molecule has 9 heteroatoms. The highest BCUT2D eigenvalue weighted by Crippen LogP contribution is 2.36. The van der Waals surface area contributed by atoms with E-state index in [2.05, 4.69) is 5.10 Å². The summed E-state index contributed by atoms with van der Waals surface area (Å²) < 4.78 is 74.5. The predicted molar refractivity (Wildman–Crippen MR) is 60.4 cm³/mol. The smallest absolute Gasteiger partial charge is 0.416 e. The molecule has 1 heterocycles. The van der Waals surface area contributed by atoms with E-state index in [1.165, 1.54) is 0 Å². The molecule has 0 aliphatic carbocycles. The Hall–Kier alpha value is -2.19. The molecule has 0 fully saturated rings. The summed E-state index contributed by atoms with van der Waals surface area (Å²) in [5.74, 6) is -0.684. The fraction of sp³-hybridized carbons (Fsp3) is 0.250. The fourth-order valence-electron chi connectivity index (χ4n) is 1.72. The van der Waals surface area contributed by atoms with Crippen LogP contribution >= 0.6 is 0 Å². The molecule has 0 amide bonds. The van der Waals surface area contributed by atoms with Crippen molar-refractivity contribution < 1.29 is 31.4 Å². The number of aromatic nitrogens is 2. The molecule has 0 radical (unpaired) electrons. The summed E-state index contributed by atoms with van der Waals surface area (Å²) in [6.07, 6.45) is -7.05. The minimum atomic E-state index is -4.61. The Morgan fingerprint density at radius 1 is 1.10 bits per heavy atom. The third-order valence-electron chi connectivity index (χ3n) is 2.61. The first-order chi connectivity index (χ1) is 9.56. The molecule has 2 rings (SSSR count). The van der Waals surface area contributed by atoms with Crippen molar-refractivity contribution in [3.8, 4) is 16.9 Å². The SMILES string of the molecule is Oc1cc(C(F)(F)F)ccc1-c1cnn(CC(F)(F)F)c1. The van der Waals surface area contributed by atoms with Gasteiger partial charge in [-0.1, -0.05) is 0 Å². The number of benzene rings is 1. The summed E-state index contributed by atoms with van der Waals surface area (Å²) in [6, 6.07) is 2.22. The molecule has 2 aromatic rings. The molecule has 1 N–H and O–H groups in total. The molecule has 21 heavy (non-hydrogen) atoms. The Balaban J connectivity index is 2.31. The van der Waals surface area contributed by atoms with Gasteiger partial charge in [0.1, 0.15) is 12.3 Å². The first-order valence-electron chi connectivity index (χ1n) is 5.56. The van der Waals surface area contributed by atoms with Crippen LogP contribution in [-0.4, -0.2) is 21.1 Å². The van der Waals surface area contributed by atoms with Crippen molar-refractivity contribution in [2.45, 2.75) is 18.9 Å². The van der Waals surface area contributed by atoms with Crippen molar-refractivity contribution in [3.05, 3.63) is 36.2 Å². The number of nitrogens with zero attached hydrogens (tertiary/aromatic N) is 2. The number of hydrogen-bond acceptors (Lipinski definition) is 2. The summed E-state index contributed by atoms with van der Waals surface area (Å²) in [5, 5.41) is 13.0. The van der Waals surface area contributed by atoms with Gasteiger partial charge in [0.15, 0.2) is 0 Å². The van der Waals surface area contributed by atoms with Crippen molar-refractivity contribution in [2.24, 2.45) is 0 Å². The normalized spacial score (nSPS) is 12.7. The number of phenols is 1. The topological polar surface area (TPSA) is 38.1 Å². The van der Waals surface area contributed by atoms with Crippen molar-refractivity contribution in [1.29, 1.82) is 0 Å². The maximum absolute atomic E-state index is 12.4. The van der Waals surface area contributed by atoms with Crippen LogP contribution in [-0.2, 0) is 12.7 Å². The van der Waals surface area contributed by atoms with E-state index in [1.807, 2.05) is 0 Å². The second-order valence-electron chi connectivity index (χ2n) is 4.27. The van der Waals surface area contributed by atoms with Crippen LogP contribution in [0.25, 0.3) is 11.1 Å². The van der Waals surface area contributed by atoms with E-state index in [0.717, 1.165) is 24.5 Å². The minimum absolute atomic E-state index is 0.0311. The van der Waals surface area contributed by atoms with Crippen LogP contribution in [0.4, 0.5) is 26.3 Å². The van der Waals surface area contributed by atoms with Crippen LogP contribution < -0.4 is 0 Å². The van der Waals surface area contributed by atoms with Crippen LogP contribution in [0.5, 0.6) is 5.75 Å². The number of phenolic OH excluding ortho intramolecular Hbond substituents is 1. The van der Waals surface area contributed by atoms with Gasteiger partial charge in [-0.25, -0.2) is 0 Å². The average Bonchev–Trinajstić information content (AvgIpc) is 2.73. The highest BCUT2D eigenvalue weighted by Gasteiger charge is 2.31. The molecule has 0 unspecified atom stereocenters. The van der Waals surface area contributed by atoms with E-state index in [0.29, 0.717) is 10.7 Å². The third kappa shape index (κ3) is 3.67.